The van der Waals surface area contributed by atoms with Gasteiger partial charge in [-0.15, -0.1) is 0 Å². The molecular weight excluding hydrogens is 372 g/mol. The Hall–Kier alpha value is -2.05. The van der Waals surface area contributed by atoms with Crippen LogP contribution < -0.4 is 9.62 Å². The van der Waals surface area contributed by atoms with E-state index in [1.807, 2.05) is 37.3 Å². The Balaban J connectivity index is 2.29. The highest BCUT2D eigenvalue weighted by molar-refractivity contribution is 7.92. The number of anilines is 1. The number of benzene rings is 2. The van der Waals surface area contributed by atoms with Gasteiger partial charge in [-0.05, 0) is 43.2 Å². The fourth-order valence-electron chi connectivity index (χ4n) is 2.78. The molecule has 0 aromatic heterocycles. The largest absolute Gasteiger partial charge is 0.348 e. The van der Waals surface area contributed by atoms with Gasteiger partial charge in [0.05, 0.1) is 18.0 Å². The summed E-state index contributed by atoms with van der Waals surface area (Å²) in [5.41, 5.74) is 1.36. The van der Waals surface area contributed by atoms with Crippen LogP contribution in [0.25, 0.3) is 0 Å². The maximum atomic E-state index is 12.8. The van der Waals surface area contributed by atoms with E-state index in [0.717, 1.165) is 16.1 Å². The number of rotatable bonds is 7. The van der Waals surface area contributed by atoms with Crippen LogP contribution in [0.15, 0.2) is 54.6 Å². The summed E-state index contributed by atoms with van der Waals surface area (Å²) in [7, 11) is -3.66. The lowest BCUT2D eigenvalue weighted by atomic mass is 10.1. The summed E-state index contributed by atoms with van der Waals surface area (Å²) >= 11 is 5.90. The Morgan fingerprint density at radius 3 is 2.19 bits per heavy atom. The number of sulfonamides is 1. The lowest BCUT2D eigenvalue weighted by Crippen LogP contribution is -2.49. The first kappa shape index (κ1) is 20.3. The third-order valence-electron chi connectivity index (χ3n) is 4.07. The molecule has 1 amide bonds. The van der Waals surface area contributed by atoms with Crippen LogP contribution in [0.2, 0.25) is 5.02 Å². The summed E-state index contributed by atoms with van der Waals surface area (Å²) in [6.07, 6.45) is 1.43. The normalized spacial score (nSPS) is 13.7. The molecule has 7 heteroatoms. The molecule has 0 saturated carbocycles. The Bertz CT molecular complexity index is 839. The Morgan fingerprint density at radius 2 is 1.69 bits per heavy atom. The summed E-state index contributed by atoms with van der Waals surface area (Å²) in [5.74, 6) is -0.343. The van der Waals surface area contributed by atoms with E-state index in [-0.39, 0.29) is 11.9 Å². The van der Waals surface area contributed by atoms with Crippen LogP contribution >= 0.6 is 11.6 Å². The summed E-state index contributed by atoms with van der Waals surface area (Å²) in [4.78, 5) is 12.8. The Labute approximate surface area is 160 Å². The van der Waals surface area contributed by atoms with E-state index in [2.05, 4.69) is 5.32 Å². The van der Waals surface area contributed by atoms with Gasteiger partial charge in [-0.3, -0.25) is 9.10 Å². The first-order valence-corrected chi connectivity index (χ1v) is 10.6. The smallest absolute Gasteiger partial charge is 0.244 e. The van der Waals surface area contributed by atoms with Gasteiger partial charge in [0, 0.05) is 5.02 Å². The standard InChI is InChI=1S/C19H23ClN2O3S/c1-4-18(19(23)21-14(2)15-8-6-5-7-9-15)22(26(3,24)25)17-12-10-16(20)11-13-17/h5-14,18H,4H2,1-3H3,(H,21,23)/t14-,18-/m0/s1. The minimum absolute atomic E-state index is 0.232. The fraction of sp³-hybridized carbons (Fsp3) is 0.316. The van der Waals surface area contributed by atoms with Crippen LogP contribution in [0.5, 0.6) is 0 Å². The predicted octanol–water partition coefficient (Wildman–Crippen LogP) is 3.76. The minimum atomic E-state index is -3.66. The zero-order valence-corrected chi connectivity index (χ0v) is 16.6. The monoisotopic (exact) mass is 394 g/mol. The van der Waals surface area contributed by atoms with Gasteiger partial charge in [-0.1, -0.05) is 48.9 Å². The number of carbonyl (C=O) groups excluding carboxylic acids is 1. The topological polar surface area (TPSA) is 66.5 Å². The van der Waals surface area contributed by atoms with Gasteiger partial charge >= 0.3 is 0 Å². The lowest BCUT2D eigenvalue weighted by Gasteiger charge is -2.31. The zero-order valence-electron chi connectivity index (χ0n) is 15.0. The molecule has 1 N–H and O–H groups in total. The molecule has 2 rings (SSSR count). The second kappa shape index (κ2) is 8.56. The summed E-state index contributed by atoms with van der Waals surface area (Å²) in [5, 5.41) is 3.41. The van der Waals surface area contributed by atoms with Crippen molar-refractivity contribution in [3.8, 4) is 0 Å². The molecule has 0 aliphatic rings. The Kier molecular flexibility index (Phi) is 6.67. The van der Waals surface area contributed by atoms with E-state index in [4.69, 9.17) is 11.6 Å². The first-order valence-electron chi connectivity index (χ1n) is 8.34. The van der Waals surface area contributed by atoms with Gasteiger partial charge in [0.1, 0.15) is 6.04 Å². The number of nitrogens with zero attached hydrogens (tertiary/aromatic N) is 1. The van der Waals surface area contributed by atoms with Crippen LogP contribution in [0, 0.1) is 0 Å². The minimum Gasteiger partial charge on any atom is -0.348 e. The van der Waals surface area contributed by atoms with Gasteiger partial charge in [0.2, 0.25) is 15.9 Å². The number of hydrogen-bond donors (Lipinski definition) is 1. The van der Waals surface area contributed by atoms with E-state index >= 15 is 0 Å². The average molecular weight is 395 g/mol. The summed E-state index contributed by atoms with van der Waals surface area (Å²) < 4.78 is 25.9. The molecule has 140 valence electrons. The molecule has 26 heavy (non-hydrogen) atoms. The van der Waals surface area contributed by atoms with Gasteiger partial charge in [-0.2, -0.15) is 0 Å². The van der Waals surface area contributed by atoms with Gasteiger partial charge in [-0.25, -0.2) is 8.42 Å². The maximum Gasteiger partial charge on any atom is 0.244 e. The van der Waals surface area contributed by atoms with Gasteiger partial charge < -0.3 is 5.32 Å². The van der Waals surface area contributed by atoms with Crippen molar-refractivity contribution >= 4 is 33.2 Å². The molecule has 0 radical (unpaired) electrons. The molecule has 2 aromatic rings. The van der Waals surface area contributed by atoms with Crippen LogP contribution in [0.4, 0.5) is 5.69 Å². The van der Waals surface area contributed by atoms with E-state index in [1.54, 1.807) is 31.2 Å². The number of amides is 1. The SMILES string of the molecule is CC[C@@H](C(=O)N[C@@H](C)c1ccccc1)N(c1ccc(Cl)cc1)S(C)(=O)=O. The van der Waals surface area contributed by atoms with E-state index < -0.39 is 16.1 Å². The quantitative estimate of drug-likeness (QED) is 0.777. The first-order chi connectivity index (χ1) is 12.2. The molecule has 2 atom stereocenters. The van der Waals surface area contributed by atoms with Crippen LogP contribution in [-0.2, 0) is 14.8 Å². The molecule has 0 heterocycles. The van der Waals surface area contributed by atoms with Crippen LogP contribution in [-0.4, -0.2) is 26.6 Å². The Morgan fingerprint density at radius 1 is 1.12 bits per heavy atom. The number of nitrogens with one attached hydrogen (secondary N) is 1. The van der Waals surface area contributed by atoms with Crippen molar-refractivity contribution in [3.05, 3.63) is 65.2 Å². The average Bonchev–Trinajstić information content (AvgIpc) is 2.60. The molecule has 0 bridgehead atoms. The van der Waals surface area contributed by atoms with Crippen molar-refractivity contribution in [1.82, 2.24) is 5.32 Å². The second-order valence-corrected chi connectivity index (χ2v) is 8.40. The summed E-state index contributed by atoms with van der Waals surface area (Å²) in [6, 6.07) is 14.8. The highest BCUT2D eigenvalue weighted by atomic mass is 35.5. The molecule has 0 fully saturated rings. The van der Waals surface area contributed by atoms with Crippen molar-refractivity contribution in [2.45, 2.75) is 32.4 Å². The van der Waals surface area contributed by atoms with Crippen LogP contribution in [0.1, 0.15) is 31.9 Å². The summed E-state index contributed by atoms with van der Waals surface area (Å²) in [6.45, 7) is 3.65. The third-order valence-corrected chi connectivity index (χ3v) is 5.50. The van der Waals surface area contributed by atoms with Crippen molar-refractivity contribution in [1.29, 1.82) is 0 Å². The van der Waals surface area contributed by atoms with Crippen molar-refractivity contribution < 1.29 is 13.2 Å². The van der Waals surface area contributed by atoms with Gasteiger partial charge in [0.25, 0.3) is 0 Å². The third kappa shape index (κ3) is 4.99. The molecule has 0 aliphatic heterocycles. The number of hydrogen-bond acceptors (Lipinski definition) is 3. The van der Waals surface area contributed by atoms with E-state index in [0.29, 0.717) is 17.1 Å². The van der Waals surface area contributed by atoms with Gasteiger partial charge in [0.15, 0.2) is 0 Å². The lowest BCUT2D eigenvalue weighted by molar-refractivity contribution is -0.122. The highest BCUT2D eigenvalue weighted by Gasteiger charge is 2.32. The number of carbonyl (C=O) groups is 1. The van der Waals surface area contributed by atoms with Crippen molar-refractivity contribution in [3.63, 3.8) is 0 Å². The molecule has 0 saturated heterocycles. The van der Waals surface area contributed by atoms with Crippen molar-refractivity contribution in [2.24, 2.45) is 0 Å². The molecule has 2 aromatic carbocycles. The van der Waals surface area contributed by atoms with Crippen molar-refractivity contribution in [2.75, 3.05) is 10.6 Å². The second-order valence-electron chi connectivity index (χ2n) is 6.10. The predicted molar refractivity (Wildman–Crippen MR) is 106 cm³/mol. The maximum absolute atomic E-state index is 12.8. The van der Waals surface area contributed by atoms with Crippen LogP contribution in [0.3, 0.4) is 0 Å². The number of halogens is 1. The molecule has 5 nitrogen and oxygen atoms in total. The van der Waals surface area contributed by atoms with E-state index in [1.165, 1.54) is 0 Å². The highest BCUT2D eigenvalue weighted by Crippen LogP contribution is 2.25. The zero-order chi connectivity index (χ0) is 19.3. The molecule has 0 aliphatic carbocycles. The fourth-order valence-corrected chi connectivity index (χ4v) is 4.12. The molecule has 0 unspecified atom stereocenters. The molecule has 0 spiro atoms. The van der Waals surface area contributed by atoms with E-state index in [9.17, 15) is 13.2 Å². The molecular formula is C19H23ClN2O3S.